The molecule has 0 saturated carbocycles. The highest BCUT2D eigenvalue weighted by atomic mass is 32.2. The highest BCUT2D eigenvalue weighted by molar-refractivity contribution is 7.89. The minimum atomic E-state index is -3.72. The largest absolute Gasteiger partial charge is 0.467 e. The minimum Gasteiger partial charge on any atom is -0.467 e. The van der Waals surface area contributed by atoms with E-state index in [-0.39, 0.29) is 4.90 Å². The Kier molecular flexibility index (Phi) is 5.03. The number of benzene rings is 2. The summed E-state index contributed by atoms with van der Waals surface area (Å²) in [6, 6.07) is 18.7. The van der Waals surface area contributed by atoms with E-state index in [0.29, 0.717) is 5.76 Å². The van der Waals surface area contributed by atoms with Crippen LogP contribution in [0.15, 0.2) is 82.3 Å². The van der Waals surface area contributed by atoms with Gasteiger partial charge in [0.2, 0.25) is 10.0 Å². The summed E-state index contributed by atoms with van der Waals surface area (Å²) < 4.78 is 33.2. The van der Waals surface area contributed by atoms with Crippen LogP contribution in [0, 0.1) is 18.8 Å². The van der Waals surface area contributed by atoms with E-state index in [0.717, 1.165) is 11.1 Å². The Morgan fingerprint density at radius 1 is 0.960 bits per heavy atom. The molecule has 2 aromatic carbocycles. The second-order valence-electron chi connectivity index (χ2n) is 5.52. The molecule has 0 spiro atoms. The lowest BCUT2D eigenvalue weighted by Crippen LogP contribution is -2.27. The van der Waals surface area contributed by atoms with E-state index in [9.17, 15) is 8.42 Å². The van der Waals surface area contributed by atoms with Gasteiger partial charge < -0.3 is 4.42 Å². The molecule has 0 fully saturated rings. The van der Waals surface area contributed by atoms with Gasteiger partial charge in [-0.15, -0.1) is 0 Å². The van der Waals surface area contributed by atoms with Crippen LogP contribution in [0.2, 0.25) is 0 Å². The zero-order valence-electron chi connectivity index (χ0n) is 13.6. The number of nitrogens with one attached hydrogen (secondary N) is 1. The maximum absolute atomic E-state index is 12.6. The first-order valence-electron chi connectivity index (χ1n) is 7.73. The molecule has 0 amide bonds. The summed E-state index contributed by atoms with van der Waals surface area (Å²) in [5, 5.41) is 0. The van der Waals surface area contributed by atoms with Crippen molar-refractivity contribution in [1.29, 1.82) is 0 Å². The van der Waals surface area contributed by atoms with Crippen molar-refractivity contribution in [2.45, 2.75) is 17.9 Å². The molecular formula is C20H17NO3S. The molecule has 5 heteroatoms. The molecule has 126 valence electrons. The van der Waals surface area contributed by atoms with Gasteiger partial charge in [0.15, 0.2) is 0 Å². The second kappa shape index (κ2) is 7.39. The molecular weight excluding hydrogens is 334 g/mol. The zero-order valence-corrected chi connectivity index (χ0v) is 14.5. The Balaban J connectivity index is 1.91. The maximum atomic E-state index is 12.6. The lowest BCUT2D eigenvalue weighted by molar-refractivity contribution is 0.481. The number of hydrogen-bond acceptors (Lipinski definition) is 3. The predicted octanol–water partition coefficient (Wildman–Crippen LogP) is 3.66. The number of aryl methyl sites for hydroxylation is 1. The monoisotopic (exact) mass is 351 g/mol. The number of rotatable bonds is 4. The van der Waals surface area contributed by atoms with Crippen molar-refractivity contribution in [2.24, 2.45) is 0 Å². The smallest absolute Gasteiger partial charge is 0.242 e. The summed E-state index contributed by atoms with van der Waals surface area (Å²) in [6.45, 7) is 1.90. The standard InChI is InChI=1S/C20H17NO3S/c1-16-9-12-18(13-10-16)25(22,23)21-19(20-8-5-15-24-20)14-11-17-6-3-2-4-7-17/h2-10,12-13,15,19,21H,1H3/t19-/m1/s1. The summed E-state index contributed by atoms with van der Waals surface area (Å²) in [5.41, 5.74) is 1.79. The van der Waals surface area contributed by atoms with Crippen molar-refractivity contribution in [2.75, 3.05) is 0 Å². The van der Waals surface area contributed by atoms with Crippen molar-refractivity contribution < 1.29 is 12.8 Å². The molecule has 0 radical (unpaired) electrons. The van der Waals surface area contributed by atoms with Crippen LogP contribution in [0.5, 0.6) is 0 Å². The van der Waals surface area contributed by atoms with Gasteiger partial charge in [0.25, 0.3) is 0 Å². The number of sulfonamides is 1. The van der Waals surface area contributed by atoms with E-state index in [1.807, 2.05) is 37.3 Å². The lowest BCUT2D eigenvalue weighted by atomic mass is 10.2. The zero-order chi connectivity index (χ0) is 17.7. The Morgan fingerprint density at radius 2 is 1.68 bits per heavy atom. The van der Waals surface area contributed by atoms with E-state index in [4.69, 9.17) is 4.42 Å². The van der Waals surface area contributed by atoms with Gasteiger partial charge in [-0.1, -0.05) is 47.7 Å². The Morgan fingerprint density at radius 3 is 2.32 bits per heavy atom. The third-order valence-corrected chi connectivity index (χ3v) is 5.01. The summed E-state index contributed by atoms with van der Waals surface area (Å²) in [7, 11) is -3.72. The molecule has 25 heavy (non-hydrogen) atoms. The van der Waals surface area contributed by atoms with E-state index in [1.165, 1.54) is 6.26 Å². The maximum Gasteiger partial charge on any atom is 0.242 e. The van der Waals surface area contributed by atoms with E-state index < -0.39 is 16.1 Å². The van der Waals surface area contributed by atoms with Crippen LogP contribution in [0.1, 0.15) is 22.9 Å². The van der Waals surface area contributed by atoms with Crippen LogP contribution in [-0.2, 0) is 10.0 Å². The Bertz CT molecular complexity index is 981. The van der Waals surface area contributed by atoms with Crippen LogP contribution in [0.3, 0.4) is 0 Å². The minimum absolute atomic E-state index is 0.191. The molecule has 3 rings (SSSR count). The average Bonchev–Trinajstić information content (AvgIpc) is 3.14. The quantitative estimate of drug-likeness (QED) is 0.730. The van der Waals surface area contributed by atoms with Crippen LogP contribution in [0.25, 0.3) is 0 Å². The molecule has 0 saturated heterocycles. The molecule has 4 nitrogen and oxygen atoms in total. The molecule has 0 bridgehead atoms. The summed E-state index contributed by atoms with van der Waals surface area (Å²) in [5.74, 6) is 6.36. The second-order valence-corrected chi connectivity index (χ2v) is 7.23. The van der Waals surface area contributed by atoms with Gasteiger partial charge in [-0.05, 0) is 43.3 Å². The van der Waals surface area contributed by atoms with Crippen molar-refractivity contribution >= 4 is 10.0 Å². The van der Waals surface area contributed by atoms with Crippen molar-refractivity contribution in [3.63, 3.8) is 0 Å². The van der Waals surface area contributed by atoms with Gasteiger partial charge in [0.1, 0.15) is 11.8 Å². The van der Waals surface area contributed by atoms with Crippen LogP contribution in [-0.4, -0.2) is 8.42 Å². The molecule has 1 heterocycles. The Hall–Kier alpha value is -2.81. The fourth-order valence-electron chi connectivity index (χ4n) is 2.23. The first kappa shape index (κ1) is 17.0. The van der Waals surface area contributed by atoms with E-state index in [1.54, 1.807) is 36.4 Å². The molecule has 1 atom stereocenters. The highest BCUT2D eigenvalue weighted by Crippen LogP contribution is 2.18. The molecule has 0 unspecified atom stereocenters. The molecule has 0 aliphatic rings. The molecule has 1 aromatic heterocycles. The molecule has 0 aliphatic carbocycles. The van der Waals surface area contributed by atoms with Crippen molar-refractivity contribution in [1.82, 2.24) is 4.72 Å². The first-order chi connectivity index (χ1) is 12.0. The van der Waals surface area contributed by atoms with Crippen molar-refractivity contribution in [3.05, 3.63) is 89.9 Å². The van der Waals surface area contributed by atoms with Gasteiger partial charge in [0.05, 0.1) is 11.2 Å². The number of furan rings is 1. The van der Waals surface area contributed by atoms with E-state index >= 15 is 0 Å². The normalized spacial score (nSPS) is 12.2. The van der Waals surface area contributed by atoms with Crippen LogP contribution < -0.4 is 4.72 Å². The molecule has 1 N–H and O–H groups in total. The number of hydrogen-bond donors (Lipinski definition) is 1. The van der Waals surface area contributed by atoms with Crippen LogP contribution >= 0.6 is 0 Å². The highest BCUT2D eigenvalue weighted by Gasteiger charge is 2.21. The summed E-state index contributed by atoms with van der Waals surface area (Å²) in [6.07, 6.45) is 1.49. The van der Waals surface area contributed by atoms with Crippen molar-refractivity contribution in [3.8, 4) is 11.8 Å². The van der Waals surface area contributed by atoms with Crippen LogP contribution in [0.4, 0.5) is 0 Å². The van der Waals surface area contributed by atoms with E-state index in [2.05, 4.69) is 16.6 Å². The third kappa shape index (κ3) is 4.38. The third-order valence-electron chi connectivity index (χ3n) is 3.57. The average molecular weight is 351 g/mol. The first-order valence-corrected chi connectivity index (χ1v) is 9.22. The van der Waals surface area contributed by atoms with Gasteiger partial charge in [-0.2, -0.15) is 4.72 Å². The van der Waals surface area contributed by atoms with Gasteiger partial charge in [0, 0.05) is 5.56 Å². The topological polar surface area (TPSA) is 59.3 Å². The summed E-state index contributed by atoms with van der Waals surface area (Å²) >= 11 is 0. The Labute approximate surface area is 147 Å². The SMILES string of the molecule is Cc1ccc(S(=O)(=O)N[C@H](C#Cc2ccccc2)c2ccco2)cc1. The van der Waals surface area contributed by atoms with Gasteiger partial charge in [-0.3, -0.25) is 0 Å². The fourth-order valence-corrected chi connectivity index (χ4v) is 3.35. The lowest BCUT2D eigenvalue weighted by Gasteiger charge is -2.12. The molecule has 3 aromatic rings. The predicted molar refractivity (Wildman–Crippen MR) is 96.3 cm³/mol. The molecule has 0 aliphatic heterocycles. The summed E-state index contributed by atoms with van der Waals surface area (Å²) in [4.78, 5) is 0.191. The fraction of sp³-hybridized carbons (Fsp3) is 0.100. The van der Waals surface area contributed by atoms with Gasteiger partial charge in [-0.25, -0.2) is 8.42 Å². The van der Waals surface area contributed by atoms with Gasteiger partial charge >= 0.3 is 0 Å².